The van der Waals surface area contributed by atoms with Crippen LogP contribution in [0, 0.1) is 0 Å². The first-order chi connectivity index (χ1) is 11.0. The van der Waals surface area contributed by atoms with Crippen molar-refractivity contribution >= 4 is 45.7 Å². The van der Waals surface area contributed by atoms with Crippen LogP contribution in [-0.2, 0) is 13.0 Å². The van der Waals surface area contributed by atoms with Gasteiger partial charge in [0.05, 0.1) is 15.6 Å². The fourth-order valence-corrected chi connectivity index (χ4v) is 3.85. The van der Waals surface area contributed by atoms with E-state index in [0.29, 0.717) is 10.0 Å². The molecule has 118 valence electrons. The van der Waals surface area contributed by atoms with Gasteiger partial charge in [0.15, 0.2) is 0 Å². The third-order valence-corrected chi connectivity index (χ3v) is 5.44. The second kappa shape index (κ2) is 5.71. The summed E-state index contributed by atoms with van der Waals surface area (Å²) in [6.07, 6.45) is 1.02. The number of hydrogen-bond acceptors (Lipinski definition) is 1. The van der Waals surface area contributed by atoms with Gasteiger partial charge in [-0.1, -0.05) is 34.8 Å². The summed E-state index contributed by atoms with van der Waals surface area (Å²) in [5, 5.41) is 3.14. The van der Waals surface area contributed by atoms with Gasteiger partial charge in [-0.15, -0.1) is 0 Å². The number of rotatable bonds is 1. The second-order valence-corrected chi connectivity index (χ2v) is 7.26. The van der Waals surface area contributed by atoms with Gasteiger partial charge >= 0.3 is 0 Å². The Morgan fingerprint density at radius 3 is 2.57 bits per heavy atom. The summed E-state index contributed by atoms with van der Waals surface area (Å²) in [5.41, 5.74) is 4.87. The van der Waals surface area contributed by atoms with Crippen LogP contribution < -0.4 is 0 Å². The lowest BCUT2D eigenvalue weighted by molar-refractivity contribution is 0.307. The van der Waals surface area contributed by atoms with Crippen LogP contribution in [0.3, 0.4) is 0 Å². The van der Waals surface area contributed by atoms with Crippen molar-refractivity contribution in [1.29, 1.82) is 0 Å². The fourth-order valence-electron chi connectivity index (χ4n) is 3.38. The van der Waals surface area contributed by atoms with Crippen LogP contribution in [0.2, 0.25) is 15.1 Å². The maximum absolute atomic E-state index is 6.24. The Kier molecular flexibility index (Phi) is 3.81. The SMILES string of the molecule is CN1CCc2c(n(-c3ccc(Cl)c(Cl)c3)c3ccc(Cl)cc23)C1. The molecule has 0 amide bonds. The quantitative estimate of drug-likeness (QED) is 0.546. The molecule has 0 aliphatic carbocycles. The third kappa shape index (κ3) is 2.54. The van der Waals surface area contributed by atoms with E-state index < -0.39 is 0 Å². The lowest BCUT2D eigenvalue weighted by atomic mass is 10.0. The van der Waals surface area contributed by atoms with Crippen LogP contribution >= 0.6 is 34.8 Å². The molecule has 1 aliphatic heterocycles. The number of aromatic nitrogens is 1. The average molecular weight is 366 g/mol. The van der Waals surface area contributed by atoms with Crippen LogP contribution in [0.15, 0.2) is 36.4 Å². The van der Waals surface area contributed by atoms with Gasteiger partial charge < -0.3 is 9.47 Å². The molecule has 0 fully saturated rings. The van der Waals surface area contributed by atoms with Gasteiger partial charge in [0.2, 0.25) is 0 Å². The maximum Gasteiger partial charge on any atom is 0.0613 e. The molecule has 1 aromatic heterocycles. The standard InChI is InChI=1S/C18H15Cl3N2/c1-22-7-6-13-14-8-11(19)2-5-17(14)23(18(13)10-22)12-3-4-15(20)16(21)9-12/h2-5,8-9H,6-7,10H2,1H3. The second-order valence-electron chi connectivity index (χ2n) is 6.01. The minimum absolute atomic E-state index is 0.567. The summed E-state index contributed by atoms with van der Waals surface area (Å²) in [7, 11) is 2.15. The number of hydrogen-bond donors (Lipinski definition) is 0. The lowest BCUT2D eigenvalue weighted by Crippen LogP contribution is -2.27. The van der Waals surface area contributed by atoms with Crippen molar-refractivity contribution in [3.8, 4) is 5.69 Å². The minimum atomic E-state index is 0.567. The van der Waals surface area contributed by atoms with E-state index in [9.17, 15) is 0 Å². The zero-order chi connectivity index (χ0) is 16.1. The van der Waals surface area contributed by atoms with E-state index in [4.69, 9.17) is 34.8 Å². The Morgan fingerprint density at radius 2 is 1.78 bits per heavy atom. The predicted molar refractivity (Wildman–Crippen MR) is 98.3 cm³/mol. The molecule has 0 saturated heterocycles. The van der Waals surface area contributed by atoms with E-state index in [2.05, 4.69) is 28.6 Å². The molecule has 2 heterocycles. The van der Waals surface area contributed by atoms with Crippen molar-refractivity contribution in [2.45, 2.75) is 13.0 Å². The zero-order valence-corrected chi connectivity index (χ0v) is 14.9. The average Bonchev–Trinajstić information content (AvgIpc) is 2.83. The van der Waals surface area contributed by atoms with Crippen molar-refractivity contribution < 1.29 is 0 Å². The molecule has 2 aromatic carbocycles. The normalized spacial score (nSPS) is 15.1. The fraction of sp³-hybridized carbons (Fsp3) is 0.222. The number of fused-ring (bicyclic) bond motifs is 3. The van der Waals surface area contributed by atoms with Crippen molar-refractivity contribution in [1.82, 2.24) is 9.47 Å². The van der Waals surface area contributed by atoms with Crippen molar-refractivity contribution in [2.75, 3.05) is 13.6 Å². The van der Waals surface area contributed by atoms with Crippen LogP contribution in [-0.4, -0.2) is 23.1 Å². The van der Waals surface area contributed by atoms with Gasteiger partial charge in [-0.3, -0.25) is 0 Å². The van der Waals surface area contributed by atoms with Gasteiger partial charge in [0.25, 0.3) is 0 Å². The van der Waals surface area contributed by atoms with E-state index in [1.165, 1.54) is 16.6 Å². The van der Waals surface area contributed by atoms with Crippen LogP contribution in [0.5, 0.6) is 0 Å². The first-order valence-corrected chi connectivity index (χ1v) is 8.63. The molecular weight excluding hydrogens is 351 g/mol. The Balaban J connectivity index is 2.05. The first-order valence-electron chi connectivity index (χ1n) is 7.50. The largest absolute Gasteiger partial charge is 0.312 e. The van der Waals surface area contributed by atoms with Gasteiger partial charge in [-0.05, 0) is 55.4 Å². The molecule has 23 heavy (non-hydrogen) atoms. The number of halogens is 3. The monoisotopic (exact) mass is 364 g/mol. The minimum Gasteiger partial charge on any atom is -0.312 e. The highest BCUT2D eigenvalue weighted by molar-refractivity contribution is 6.42. The maximum atomic E-state index is 6.24. The lowest BCUT2D eigenvalue weighted by Gasteiger charge is -2.24. The molecule has 4 rings (SSSR count). The third-order valence-electron chi connectivity index (χ3n) is 4.47. The molecule has 0 unspecified atom stereocenters. The summed E-state index contributed by atoms with van der Waals surface area (Å²) >= 11 is 18.6. The van der Waals surface area contributed by atoms with Gasteiger partial charge in [0, 0.05) is 34.9 Å². The summed E-state index contributed by atoms with van der Waals surface area (Å²) in [6.45, 7) is 1.96. The predicted octanol–water partition coefficient (Wildman–Crippen LogP) is 5.58. The Hall–Kier alpha value is -1.19. The summed E-state index contributed by atoms with van der Waals surface area (Å²) in [5.74, 6) is 0. The van der Waals surface area contributed by atoms with Gasteiger partial charge in [-0.25, -0.2) is 0 Å². The highest BCUT2D eigenvalue weighted by Crippen LogP contribution is 2.36. The van der Waals surface area contributed by atoms with Crippen LogP contribution in [0.25, 0.3) is 16.6 Å². The molecule has 0 N–H and O–H groups in total. The highest BCUT2D eigenvalue weighted by Gasteiger charge is 2.23. The van der Waals surface area contributed by atoms with Crippen LogP contribution in [0.4, 0.5) is 0 Å². The molecule has 3 aromatic rings. The van der Waals surface area contributed by atoms with Crippen LogP contribution in [0.1, 0.15) is 11.3 Å². The van der Waals surface area contributed by atoms with E-state index in [1.54, 1.807) is 0 Å². The van der Waals surface area contributed by atoms with E-state index in [-0.39, 0.29) is 0 Å². The molecule has 0 spiro atoms. The molecule has 0 radical (unpaired) electrons. The van der Waals surface area contributed by atoms with Crippen molar-refractivity contribution in [3.63, 3.8) is 0 Å². The van der Waals surface area contributed by atoms with E-state index in [0.717, 1.165) is 35.7 Å². The number of nitrogens with zero attached hydrogens (tertiary/aromatic N) is 2. The molecular formula is C18H15Cl3N2. The zero-order valence-electron chi connectivity index (χ0n) is 12.6. The number of benzene rings is 2. The van der Waals surface area contributed by atoms with Crippen molar-refractivity contribution in [3.05, 3.63) is 62.7 Å². The molecule has 5 heteroatoms. The van der Waals surface area contributed by atoms with Gasteiger partial charge in [0.1, 0.15) is 0 Å². The van der Waals surface area contributed by atoms with Crippen molar-refractivity contribution in [2.24, 2.45) is 0 Å². The Bertz CT molecular complexity index is 914. The Morgan fingerprint density at radius 1 is 0.957 bits per heavy atom. The molecule has 2 nitrogen and oxygen atoms in total. The first kappa shape index (κ1) is 15.3. The topological polar surface area (TPSA) is 8.17 Å². The summed E-state index contributed by atoms with van der Waals surface area (Å²) < 4.78 is 2.28. The molecule has 0 bridgehead atoms. The molecule has 0 atom stereocenters. The van der Waals surface area contributed by atoms with E-state index >= 15 is 0 Å². The van der Waals surface area contributed by atoms with Gasteiger partial charge in [-0.2, -0.15) is 0 Å². The summed E-state index contributed by atoms with van der Waals surface area (Å²) in [6, 6.07) is 11.9. The smallest absolute Gasteiger partial charge is 0.0613 e. The highest BCUT2D eigenvalue weighted by atomic mass is 35.5. The number of likely N-dealkylation sites (N-methyl/N-ethyl adjacent to an activating group) is 1. The van der Waals surface area contributed by atoms with E-state index in [1.807, 2.05) is 24.3 Å². The molecule has 0 saturated carbocycles. The summed E-state index contributed by atoms with van der Waals surface area (Å²) in [4.78, 5) is 2.33. The molecule has 1 aliphatic rings. The Labute approximate surface area is 150 Å².